The SMILES string of the molecule is N[C@H]1C[C@H](C(=O)N2CCCC2)C1. The van der Waals surface area contributed by atoms with E-state index in [-0.39, 0.29) is 5.92 Å². The van der Waals surface area contributed by atoms with Gasteiger partial charge in [-0.2, -0.15) is 0 Å². The van der Waals surface area contributed by atoms with Crippen molar-refractivity contribution in [1.29, 1.82) is 0 Å². The number of nitrogens with two attached hydrogens (primary N) is 1. The molecule has 12 heavy (non-hydrogen) atoms. The van der Waals surface area contributed by atoms with Crippen LogP contribution in [0.25, 0.3) is 0 Å². The van der Waals surface area contributed by atoms with E-state index in [0.717, 1.165) is 25.9 Å². The largest absolute Gasteiger partial charge is 0.342 e. The highest BCUT2D eigenvalue weighted by atomic mass is 16.2. The Bertz CT molecular complexity index is 181. The van der Waals surface area contributed by atoms with Gasteiger partial charge in [-0.3, -0.25) is 4.79 Å². The zero-order chi connectivity index (χ0) is 8.55. The number of hydrogen-bond donors (Lipinski definition) is 1. The van der Waals surface area contributed by atoms with Gasteiger partial charge < -0.3 is 10.6 Å². The number of carbonyl (C=O) groups is 1. The highest BCUT2D eigenvalue weighted by molar-refractivity contribution is 5.80. The molecule has 1 saturated carbocycles. The smallest absolute Gasteiger partial charge is 0.225 e. The van der Waals surface area contributed by atoms with Crippen LogP contribution in [0.3, 0.4) is 0 Å². The van der Waals surface area contributed by atoms with Gasteiger partial charge >= 0.3 is 0 Å². The first-order valence-corrected chi connectivity index (χ1v) is 4.82. The molecule has 1 amide bonds. The van der Waals surface area contributed by atoms with E-state index in [1.807, 2.05) is 4.90 Å². The van der Waals surface area contributed by atoms with Crippen LogP contribution in [0.4, 0.5) is 0 Å². The molecular weight excluding hydrogens is 152 g/mol. The van der Waals surface area contributed by atoms with Gasteiger partial charge in [0, 0.05) is 25.0 Å². The Kier molecular flexibility index (Phi) is 2.05. The van der Waals surface area contributed by atoms with Crippen LogP contribution in [-0.2, 0) is 4.79 Å². The lowest BCUT2D eigenvalue weighted by Crippen LogP contribution is -2.45. The lowest BCUT2D eigenvalue weighted by Gasteiger charge is -2.34. The molecule has 1 aliphatic heterocycles. The molecule has 68 valence electrons. The Morgan fingerprint density at radius 2 is 1.83 bits per heavy atom. The molecule has 1 heterocycles. The quantitative estimate of drug-likeness (QED) is 0.614. The van der Waals surface area contributed by atoms with Crippen LogP contribution in [0.1, 0.15) is 25.7 Å². The molecule has 2 N–H and O–H groups in total. The van der Waals surface area contributed by atoms with Crippen molar-refractivity contribution < 1.29 is 4.79 Å². The molecule has 1 aliphatic carbocycles. The summed E-state index contributed by atoms with van der Waals surface area (Å²) in [5.41, 5.74) is 5.63. The van der Waals surface area contributed by atoms with Crippen molar-refractivity contribution in [3.63, 3.8) is 0 Å². The Hall–Kier alpha value is -0.570. The van der Waals surface area contributed by atoms with Gasteiger partial charge in [-0.15, -0.1) is 0 Å². The molecule has 0 aromatic carbocycles. The minimum atomic E-state index is 0.262. The second kappa shape index (κ2) is 3.05. The number of nitrogens with zero attached hydrogens (tertiary/aromatic N) is 1. The summed E-state index contributed by atoms with van der Waals surface area (Å²) in [6.07, 6.45) is 4.19. The van der Waals surface area contributed by atoms with Crippen molar-refractivity contribution in [2.75, 3.05) is 13.1 Å². The van der Waals surface area contributed by atoms with Crippen molar-refractivity contribution in [1.82, 2.24) is 4.90 Å². The Labute approximate surface area is 72.9 Å². The van der Waals surface area contributed by atoms with E-state index < -0.39 is 0 Å². The molecule has 2 rings (SSSR count). The molecule has 0 bridgehead atoms. The summed E-state index contributed by atoms with van der Waals surface area (Å²) >= 11 is 0. The van der Waals surface area contributed by atoms with Gasteiger partial charge in [-0.25, -0.2) is 0 Å². The maximum atomic E-state index is 11.6. The average molecular weight is 168 g/mol. The molecule has 1 saturated heterocycles. The van der Waals surface area contributed by atoms with Gasteiger partial charge in [-0.1, -0.05) is 0 Å². The number of hydrogen-bond acceptors (Lipinski definition) is 2. The maximum absolute atomic E-state index is 11.6. The predicted octanol–water partition coefficient (Wildman–Crippen LogP) is 0.346. The van der Waals surface area contributed by atoms with Crippen molar-refractivity contribution in [2.45, 2.75) is 31.7 Å². The van der Waals surface area contributed by atoms with Crippen LogP contribution in [0.15, 0.2) is 0 Å². The van der Waals surface area contributed by atoms with E-state index in [4.69, 9.17) is 5.73 Å². The van der Waals surface area contributed by atoms with E-state index in [9.17, 15) is 4.79 Å². The molecular formula is C9H16N2O. The third-order valence-electron chi connectivity index (χ3n) is 2.94. The summed E-state index contributed by atoms with van der Waals surface area (Å²) < 4.78 is 0. The summed E-state index contributed by atoms with van der Waals surface area (Å²) in [4.78, 5) is 13.6. The normalized spacial score (nSPS) is 34.9. The third kappa shape index (κ3) is 1.33. The van der Waals surface area contributed by atoms with Crippen LogP contribution >= 0.6 is 0 Å². The van der Waals surface area contributed by atoms with Gasteiger partial charge in [0.15, 0.2) is 0 Å². The van der Waals surface area contributed by atoms with E-state index in [0.29, 0.717) is 11.9 Å². The standard InChI is InChI=1S/C9H16N2O/c10-8-5-7(6-8)9(12)11-3-1-2-4-11/h7-8H,1-6,10H2/t7-,8-. The zero-order valence-electron chi connectivity index (χ0n) is 7.33. The molecule has 3 heteroatoms. The fourth-order valence-electron chi connectivity index (χ4n) is 2.06. The lowest BCUT2D eigenvalue weighted by molar-refractivity contribution is -0.137. The molecule has 2 aliphatic rings. The average Bonchev–Trinajstić information content (AvgIpc) is 2.49. The second-order valence-corrected chi connectivity index (χ2v) is 3.96. The summed E-state index contributed by atoms with van der Waals surface area (Å²) in [5.74, 6) is 0.618. The van der Waals surface area contributed by atoms with E-state index in [1.54, 1.807) is 0 Å². The number of likely N-dealkylation sites (tertiary alicyclic amines) is 1. The van der Waals surface area contributed by atoms with Gasteiger partial charge in [0.05, 0.1) is 0 Å². The second-order valence-electron chi connectivity index (χ2n) is 3.96. The molecule has 2 fully saturated rings. The van der Waals surface area contributed by atoms with E-state index in [2.05, 4.69) is 0 Å². The minimum absolute atomic E-state index is 0.262. The first-order chi connectivity index (χ1) is 5.77. The van der Waals surface area contributed by atoms with Crippen molar-refractivity contribution in [2.24, 2.45) is 11.7 Å². The maximum Gasteiger partial charge on any atom is 0.225 e. The van der Waals surface area contributed by atoms with E-state index in [1.165, 1.54) is 12.8 Å². The highest BCUT2D eigenvalue weighted by Gasteiger charge is 2.35. The molecule has 0 aromatic heterocycles. The number of rotatable bonds is 1. The Balaban J connectivity index is 1.83. The third-order valence-corrected chi connectivity index (χ3v) is 2.94. The fraction of sp³-hybridized carbons (Fsp3) is 0.889. The van der Waals surface area contributed by atoms with Crippen LogP contribution in [0.2, 0.25) is 0 Å². The lowest BCUT2D eigenvalue weighted by atomic mass is 9.80. The molecule has 0 spiro atoms. The van der Waals surface area contributed by atoms with Crippen LogP contribution in [0, 0.1) is 5.92 Å². The Morgan fingerprint density at radius 3 is 2.33 bits per heavy atom. The monoisotopic (exact) mass is 168 g/mol. The summed E-state index contributed by atoms with van der Waals surface area (Å²) in [6, 6.07) is 0.293. The van der Waals surface area contributed by atoms with Crippen molar-refractivity contribution >= 4 is 5.91 Å². The number of amides is 1. The summed E-state index contributed by atoms with van der Waals surface area (Å²) in [5, 5.41) is 0. The molecule has 0 atom stereocenters. The van der Waals surface area contributed by atoms with Gasteiger partial charge in [-0.05, 0) is 25.7 Å². The predicted molar refractivity (Wildman–Crippen MR) is 46.5 cm³/mol. The molecule has 0 unspecified atom stereocenters. The first kappa shape index (κ1) is 8.05. The zero-order valence-corrected chi connectivity index (χ0v) is 7.33. The molecule has 0 radical (unpaired) electrons. The Morgan fingerprint density at radius 1 is 1.25 bits per heavy atom. The minimum Gasteiger partial charge on any atom is -0.342 e. The molecule has 3 nitrogen and oxygen atoms in total. The van der Waals surface area contributed by atoms with Crippen molar-refractivity contribution in [3.05, 3.63) is 0 Å². The van der Waals surface area contributed by atoms with Crippen molar-refractivity contribution in [3.8, 4) is 0 Å². The molecule has 0 aromatic rings. The van der Waals surface area contributed by atoms with Crippen LogP contribution in [-0.4, -0.2) is 29.9 Å². The summed E-state index contributed by atoms with van der Waals surface area (Å²) in [6.45, 7) is 1.95. The van der Waals surface area contributed by atoms with Crippen LogP contribution < -0.4 is 5.73 Å². The first-order valence-electron chi connectivity index (χ1n) is 4.82. The topological polar surface area (TPSA) is 46.3 Å². The fourth-order valence-corrected chi connectivity index (χ4v) is 2.06. The van der Waals surface area contributed by atoms with Gasteiger partial charge in [0.25, 0.3) is 0 Å². The summed E-state index contributed by atoms with van der Waals surface area (Å²) in [7, 11) is 0. The number of carbonyl (C=O) groups excluding carboxylic acids is 1. The van der Waals surface area contributed by atoms with E-state index >= 15 is 0 Å². The van der Waals surface area contributed by atoms with Crippen LogP contribution in [0.5, 0.6) is 0 Å². The van der Waals surface area contributed by atoms with Gasteiger partial charge in [0.1, 0.15) is 0 Å². The van der Waals surface area contributed by atoms with Gasteiger partial charge in [0.2, 0.25) is 5.91 Å². The highest BCUT2D eigenvalue weighted by Crippen LogP contribution is 2.28.